The zero-order valence-corrected chi connectivity index (χ0v) is 10.8. The Kier molecular flexibility index (Phi) is 4.11. The molecule has 0 saturated heterocycles. The van der Waals surface area contributed by atoms with Crippen molar-refractivity contribution in [2.45, 2.75) is 6.36 Å². The molecule has 7 heteroatoms. The van der Waals surface area contributed by atoms with Gasteiger partial charge in [0, 0.05) is 11.8 Å². The van der Waals surface area contributed by atoms with Gasteiger partial charge in [-0.25, -0.2) is 4.79 Å². The predicted molar refractivity (Wildman–Crippen MR) is 67.7 cm³/mol. The second-order valence-corrected chi connectivity index (χ2v) is 4.00. The Hall–Kier alpha value is -2.57. The van der Waals surface area contributed by atoms with Gasteiger partial charge in [0.1, 0.15) is 5.75 Å². The Labute approximate surface area is 118 Å². The molecule has 2 aromatic rings. The minimum absolute atomic E-state index is 0.254. The molecule has 0 N–H and O–H groups in total. The molecule has 0 unspecified atom stereocenters. The van der Waals surface area contributed by atoms with Gasteiger partial charge in [-0.2, -0.15) is 0 Å². The van der Waals surface area contributed by atoms with Crippen molar-refractivity contribution < 1.29 is 27.4 Å². The third-order valence-electron chi connectivity index (χ3n) is 2.54. The average Bonchev–Trinajstić information content (AvgIpc) is 2.45. The third kappa shape index (κ3) is 3.95. The first kappa shape index (κ1) is 14.8. The quantitative estimate of drug-likeness (QED) is 0.814. The van der Waals surface area contributed by atoms with Crippen molar-refractivity contribution in [2.24, 2.45) is 0 Å². The van der Waals surface area contributed by atoms with Crippen molar-refractivity contribution in [2.75, 3.05) is 7.11 Å². The molecule has 0 spiro atoms. The molecule has 2 rings (SSSR count). The second kappa shape index (κ2) is 5.82. The highest BCUT2D eigenvalue weighted by Crippen LogP contribution is 2.27. The van der Waals surface area contributed by atoms with E-state index in [-0.39, 0.29) is 11.3 Å². The molecule has 0 fully saturated rings. The van der Waals surface area contributed by atoms with Gasteiger partial charge in [-0.15, -0.1) is 13.2 Å². The summed E-state index contributed by atoms with van der Waals surface area (Å²) < 4.78 is 45.0. The summed E-state index contributed by atoms with van der Waals surface area (Å²) in [5.74, 6) is -0.911. The monoisotopic (exact) mass is 297 g/mol. The van der Waals surface area contributed by atoms with Crippen molar-refractivity contribution in [1.82, 2.24) is 4.98 Å². The van der Waals surface area contributed by atoms with Crippen LogP contribution in [0, 0.1) is 0 Å². The lowest BCUT2D eigenvalue weighted by molar-refractivity contribution is -0.274. The number of alkyl halides is 3. The number of carbonyl (C=O) groups excluding carboxylic acids is 1. The molecule has 0 saturated carbocycles. The van der Waals surface area contributed by atoms with Crippen molar-refractivity contribution >= 4 is 5.97 Å². The molecule has 21 heavy (non-hydrogen) atoms. The normalized spacial score (nSPS) is 11.0. The molecule has 0 amide bonds. The Morgan fingerprint density at radius 1 is 1.19 bits per heavy atom. The van der Waals surface area contributed by atoms with E-state index < -0.39 is 12.3 Å². The highest BCUT2D eigenvalue weighted by molar-refractivity contribution is 5.90. The maximum atomic E-state index is 12.2. The summed E-state index contributed by atoms with van der Waals surface area (Å²) in [5.41, 5.74) is 0.984. The lowest BCUT2D eigenvalue weighted by Gasteiger charge is -2.10. The lowest BCUT2D eigenvalue weighted by Crippen LogP contribution is -2.17. The van der Waals surface area contributed by atoms with Crippen molar-refractivity contribution in [1.29, 1.82) is 0 Å². The van der Waals surface area contributed by atoms with E-state index in [0.717, 1.165) is 0 Å². The van der Waals surface area contributed by atoms with Gasteiger partial charge >= 0.3 is 12.3 Å². The smallest absolute Gasteiger partial charge is 0.465 e. The summed E-state index contributed by atoms with van der Waals surface area (Å²) in [4.78, 5) is 15.4. The molecule has 4 nitrogen and oxygen atoms in total. The zero-order chi connectivity index (χ0) is 15.5. The van der Waals surface area contributed by atoms with Gasteiger partial charge in [0.2, 0.25) is 0 Å². The topological polar surface area (TPSA) is 48.4 Å². The molecule has 110 valence electrons. The van der Waals surface area contributed by atoms with Gasteiger partial charge in [-0.1, -0.05) is 12.1 Å². The summed E-state index contributed by atoms with van der Waals surface area (Å²) in [6, 6.07) is 8.22. The number of rotatable bonds is 3. The lowest BCUT2D eigenvalue weighted by atomic mass is 10.1. The van der Waals surface area contributed by atoms with Gasteiger partial charge < -0.3 is 9.47 Å². The maximum Gasteiger partial charge on any atom is 0.573 e. The summed E-state index contributed by atoms with van der Waals surface area (Å²) >= 11 is 0. The number of hydrogen-bond acceptors (Lipinski definition) is 4. The molecule has 1 heterocycles. The first-order valence-electron chi connectivity index (χ1n) is 5.79. The Morgan fingerprint density at radius 2 is 1.95 bits per heavy atom. The van der Waals surface area contributed by atoms with Crippen LogP contribution in [0.15, 0.2) is 42.6 Å². The van der Waals surface area contributed by atoms with Crippen LogP contribution < -0.4 is 4.74 Å². The van der Waals surface area contributed by atoms with Gasteiger partial charge in [-0.3, -0.25) is 4.98 Å². The van der Waals surface area contributed by atoms with E-state index in [2.05, 4.69) is 14.5 Å². The number of ether oxygens (including phenoxy) is 2. The van der Waals surface area contributed by atoms with E-state index >= 15 is 0 Å². The first-order valence-corrected chi connectivity index (χ1v) is 5.79. The van der Waals surface area contributed by atoms with E-state index in [1.165, 1.54) is 43.6 Å². The van der Waals surface area contributed by atoms with Crippen LogP contribution in [0.4, 0.5) is 13.2 Å². The number of nitrogens with zero attached hydrogens (tertiary/aromatic N) is 1. The van der Waals surface area contributed by atoms with Crippen molar-refractivity contribution in [3.8, 4) is 17.0 Å². The highest BCUT2D eigenvalue weighted by Gasteiger charge is 2.31. The van der Waals surface area contributed by atoms with E-state index in [0.29, 0.717) is 11.3 Å². The minimum atomic E-state index is -4.76. The van der Waals surface area contributed by atoms with Crippen LogP contribution in [0.5, 0.6) is 5.75 Å². The molecule has 1 aromatic heterocycles. The fourth-order valence-corrected chi connectivity index (χ4v) is 1.69. The summed E-state index contributed by atoms with van der Waals surface area (Å²) in [6.45, 7) is 0. The maximum absolute atomic E-state index is 12.2. The predicted octanol–water partition coefficient (Wildman–Crippen LogP) is 3.43. The van der Waals surface area contributed by atoms with Crippen LogP contribution in [0.3, 0.4) is 0 Å². The Balaban J connectivity index is 2.34. The summed E-state index contributed by atoms with van der Waals surface area (Å²) in [7, 11) is 1.24. The molecular formula is C14H10F3NO3. The number of benzene rings is 1. The zero-order valence-electron chi connectivity index (χ0n) is 10.8. The van der Waals surface area contributed by atoms with E-state index in [9.17, 15) is 18.0 Å². The number of carbonyl (C=O) groups is 1. The van der Waals surface area contributed by atoms with Crippen LogP contribution in [0.25, 0.3) is 11.3 Å². The highest BCUT2D eigenvalue weighted by atomic mass is 19.4. The number of hydrogen-bond donors (Lipinski definition) is 0. The van der Waals surface area contributed by atoms with Crippen LogP contribution in [0.1, 0.15) is 10.4 Å². The summed E-state index contributed by atoms with van der Waals surface area (Å²) in [6.07, 6.45) is -3.39. The Bertz CT molecular complexity index is 656. The fraction of sp³-hybridized carbons (Fsp3) is 0.143. The fourth-order valence-electron chi connectivity index (χ4n) is 1.69. The molecule has 0 aliphatic rings. The molecule has 0 atom stereocenters. The SMILES string of the molecule is COC(=O)c1ccnc(-c2cccc(OC(F)(F)F)c2)c1. The first-order chi connectivity index (χ1) is 9.89. The van der Waals surface area contributed by atoms with Gasteiger partial charge in [0.25, 0.3) is 0 Å². The molecule has 0 bridgehead atoms. The van der Waals surface area contributed by atoms with Crippen LogP contribution in [-0.4, -0.2) is 24.4 Å². The van der Waals surface area contributed by atoms with Gasteiger partial charge in [0.05, 0.1) is 18.4 Å². The number of aromatic nitrogens is 1. The minimum Gasteiger partial charge on any atom is -0.465 e. The van der Waals surface area contributed by atoms with E-state index in [1.54, 1.807) is 6.07 Å². The third-order valence-corrected chi connectivity index (χ3v) is 2.54. The number of methoxy groups -OCH3 is 1. The molecule has 1 aromatic carbocycles. The van der Waals surface area contributed by atoms with Crippen molar-refractivity contribution in [3.05, 3.63) is 48.2 Å². The van der Waals surface area contributed by atoms with E-state index in [4.69, 9.17) is 0 Å². The van der Waals surface area contributed by atoms with Crippen LogP contribution >= 0.6 is 0 Å². The molecule has 0 radical (unpaired) electrons. The van der Waals surface area contributed by atoms with Gasteiger partial charge in [0.15, 0.2) is 0 Å². The number of esters is 1. The van der Waals surface area contributed by atoms with Crippen LogP contribution in [-0.2, 0) is 4.74 Å². The second-order valence-electron chi connectivity index (χ2n) is 4.00. The van der Waals surface area contributed by atoms with Gasteiger partial charge in [-0.05, 0) is 24.3 Å². The van der Waals surface area contributed by atoms with Crippen LogP contribution in [0.2, 0.25) is 0 Å². The molecule has 0 aliphatic carbocycles. The summed E-state index contributed by atoms with van der Waals surface area (Å²) in [5, 5.41) is 0. The molecular weight excluding hydrogens is 287 g/mol. The Morgan fingerprint density at radius 3 is 2.62 bits per heavy atom. The molecule has 0 aliphatic heterocycles. The average molecular weight is 297 g/mol. The standard InChI is InChI=1S/C14H10F3NO3/c1-20-13(19)10-5-6-18-12(8-10)9-3-2-4-11(7-9)21-14(15,16)17/h2-8H,1H3. The largest absolute Gasteiger partial charge is 0.573 e. The van der Waals surface area contributed by atoms with E-state index in [1.807, 2.05) is 0 Å². The van der Waals surface area contributed by atoms with Crippen molar-refractivity contribution in [3.63, 3.8) is 0 Å². The number of halogens is 3. The number of pyridine rings is 1.